The zero-order valence-corrected chi connectivity index (χ0v) is 17.0. The molecule has 0 unspecified atom stereocenters. The Labute approximate surface area is 174 Å². The number of nitrogens with one attached hydrogen (secondary N) is 1. The van der Waals surface area contributed by atoms with E-state index in [2.05, 4.69) is 15.6 Å². The predicted octanol–water partition coefficient (Wildman–Crippen LogP) is 3.62. The highest BCUT2D eigenvalue weighted by Gasteiger charge is 2.21. The summed E-state index contributed by atoms with van der Waals surface area (Å²) in [6.45, 7) is 2.60. The van der Waals surface area contributed by atoms with Gasteiger partial charge >= 0.3 is 5.97 Å². The molecule has 0 aliphatic heterocycles. The van der Waals surface area contributed by atoms with Gasteiger partial charge in [-0.05, 0) is 42.8 Å². The summed E-state index contributed by atoms with van der Waals surface area (Å²) in [6.07, 6.45) is 1.78. The second kappa shape index (κ2) is 10.3. The molecule has 8 nitrogen and oxygen atoms in total. The molecule has 2 aromatic carbocycles. The number of anilines is 1. The third-order valence-electron chi connectivity index (χ3n) is 4.37. The first kappa shape index (κ1) is 21.2. The lowest BCUT2D eigenvalue weighted by molar-refractivity contribution is 0.0499. The van der Waals surface area contributed by atoms with Crippen LogP contribution in [-0.2, 0) is 16.1 Å². The smallest absolute Gasteiger partial charge is 0.338 e. The van der Waals surface area contributed by atoms with Crippen molar-refractivity contribution in [2.45, 2.75) is 26.4 Å². The number of methoxy groups -OCH3 is 1. The topological polar surface area (TPSA) is 95.3 Å². The number of benzene rings is 2. The van der Waals surface area contributed by atoms with Crippen LogP contribution in [0.2, 0.25) is 0 Å². The summed E-state index contributed by atoms with van der Waals surface area (Å²) in [7, 11) is 1.54. The molecule has 8 heteroatoms. The van der Waals surface area contributed by atoms with Crippen molar-refractivity contribution in [3.63, 3.8) is 0 Å². The van der Waals surface area contributed by atoms with Crippen molar-refractivity contribution in [3.8, 4) is 5.69 Å². The standard InChI is InChI=1S/C22H24N4O4/c1-3-4-14-30-22(28)16-10-12-17(13-11-16)23-21(27)20-19(15-29-2)26(25-24-20)18-8-6-5-7-9-18/h5-13H,3-4,14-15H2,1-2H3,(H,23,27). The van der Waals surface area contributed by atoms with Gasteiger partial charge in [0.25, 0.3) is 5.91 Å². The molecule has 0 spiro atoms. The number of nitrogens with zero attached hydrogens (tertiary/aromatic N) is 3. The summed E-state index contributed by atoms with van der Waals surface area (Å²) in [5.74, 6) is -0.794. The molecule has 1 aromatic heterocycles. The zero-order chi connectivity index (χ0) is 21.3. The van der Waals surface area contributed by atoms with Crippen LogP contribution < -0.4 is 5.32 Å². The number of unbranched alkanes of at least 4 members (excludes halogenated alkanes) is 1. The fraction of sp³-hybridized carbons (Fsp3) is 0.273. The average molecular weight is 408 g/mol. The van der Waals surface area contributed by atoms with E-state index in [0.29, 0.717) is 23.6 Å². The number of ether oxygens (including phenoxy) is 2. The molecule has 0 aliphatic rings. The fourth-order valence-corrected chi connectivity index (χ4v) is 2.79. The normalized spacial score (nSPS) is 10.6. The largest absolute Gasteiger partial charge is 0.462 e. The summed E-state index contributed by atoms with van der Waals surface area (Å²) in [5.41, 5.74) is 2.45. The van der Waals surface area contributed by atoms with Crippen molar-refractivity contribution < 1.29 is 19.1 Å². The molecule has 0 saturated heterocycles. The number of carbonyl (C=O) groups is 2. The molecule has 0 aliphatic carbocycles. The molecule has 0 saturated carbocycles. The number of rotatable bonds is 9. The van der Waals surface area contributed by atoms with Gasteiger partial charge in [0.05, 0.1) is 24.5 Å². The molecule has 0 radical (unpaired) electrons. The van der Waals surface area contributed by atoms with Crippen molar-refractivity contribution in [1.29, 1.82) is 0 Å². The minimum absolute atomic E-state index is 0.170. The zero-order valence-electron chi connectivity index (χ0n) is 17.0. The lowest BCUT2D eigenvalue weighted by atomic mass is 10.2. The van der Waals surface area contributed by atoms with E-state index >= 15 is 0 Å². The SMILES string of the molecule is CCCCOC(=O)c1ccc(NC(=O)c2nnn(-c3ccccc3)c2COC)cc1. The van der Waals surface area contributed by atoms with E-state index in [1.54, 1.807) is 36.1 Å². The maximum Gasteiger partial charge on any atom is 0.338 e. The highest BCUT2D eigenvalue weighted by atomic mass is 16.5. The highest BCUT2D eigenvalue weighted by Crippen LogP contribution is 2.17. The lowest BCUT2D eigenvalue weighted by Crippen LogP contribution is -2.16. The van der Waals surface area contributed by atoms with Gasteiger partial charge in [-0.3, -0.25) is 4.79 Å². The van der Waals surface area contributed by atoms with Crippen LogP contribution in [0.1, 0.15) is 46.3 Å². The molecule has 30 heavy (non-hydrogen) atoms. The van der Waals surface area contributed by atoms with Crippen molar-refractivity contribution in [2.75, 3.05) is 19.0 Å². The van der Waals surface area contributed by atoms with Gasteiger partial charge in [-0.15, -0.1) is 5.10 Å². The van der Waals surface area contributed by atoms with E-state index in [0.717, 1.165) is 18.5 Å². The first-order valence-electron chi connectivity index (χ1n) is 9.71. The summed E-state index contributed by atoms with van der Waals surface area (Å²) in [6, 6.07) is 15.9. The van der Waals surface area contributed by atoms with Gasteiger partial charge < -0.3 is 14.8 Å². The lowest BCUT2D eigenvalue weighted by Gasteiger charge is -2.08. The monoisotopic (exact) mass is 408 g/mol. The molecule has 3 rings (SSSR count). The van der Waals surface area contributed by atoms with Gasteiger partial charge in [0.1, 0.15) is 5.69 Å². The minimum atomic E-state index is -0.414. The van der Waals surface area contributed by atoms with Gasteiger partial charge in [-0.25, -0.2) is 9.48 Å². The number of hydrogen-bond donors (Lipinski definition) is 1. The minimum Gasteiger partial charge on any atom is -0.462 e. The highest BCUT2D eigenvalue weighted by molar-refractivity contribution is 6.03. The molecule has 1 amide bonds. The molecule has 0 bridgehead atoms. The third kappa shape index (κ3) is 5.09. The van der Waals surface area contributed by atoms with Crippen LogP contribution in [0.25, 0.3) is 5.69 Å². The third-order valence-corrected chi connectivity index (χ3v) is 4.37. The Balaban J connectivity index is 1.73. The number of carbonyl (C=O) groups excluding carboxylic acids is 2. The summed E-state index contributed by atoms with van der Waals surface area (Å²) < 4.78 is 12.0. The number of para-hydroxylation sites is 1. The van der Waals surface area contributed by atoms with Crippen molar-refractivity contribution >= 4 is 17.6 Å². The van der Waals surface area contributed by atoms with Gasteiger partial charge in [-0.2, -0.15) is 0 Å². The molecular formula is C22H24N4O4. The molecule has 1 N–H and O–H groups in total. The van der Waals surface area contributed by atoms with Crippen LogP contribution in [-0.4, -0.2) is 40.6 Å². The fourth-order valence-electron chi connectivity index (χ4n) is 2.79. The maximum absolute atomic E-state index is 12.8. The first-order chi connectivity index (χ1) is 14.6. The van der Waals surface area contributed by atoms with Crippen LogP contribution in [0.15, 0.2) is 54.6 Å². The van der Waals surface area contributed by atoms with Crippen LogP contribution in [0, 0.1) is 0 Å². The van der Waals surface area contributed by atoms with Crippen molar-refractivity contribution in [2.24, 2.45) is 0 Å². The van der Waals surface area contributed by atoms with Crippen LogP contribution >= 0.6 is 0 Å². The van der Waals surface area contributed by atoms with E-state index in [9.17, 15) is 9.59 Å². The Hall–Kier alpha value is -3.52. The number of aromatic nitrogens is 3. The van der Waals surface area contributed by atoms with Crippen molar-refractivity contribution in [1.82, 2.24) is 15.0 Å². The summed E-state index contributed by atoms with van der Waals surface area (Å²) in [5, 5.41) is 10.9. The van der Waals surface area contributed by atoms with Crippen LogP contribution in [0.3, 0.4) is 0 Å². The molecule has 3 aromatic rings. The Morgan fingerprint density at radius 2 is 1.80 bits per heavy atom. The van der Waals surface area contributed by atoms with Gasteiger partial charge in [0, 0.05) is 12.8 Å². The molecular weight excluding hydrogens is 384 g/mol. The molecule has 156 valence electrons. The quantitative estimate of drug-likeness (QED) is 0.429. The molecule has 1 heterocycles. The van der Waals surface area contributed by atoms with E-state index in [1.165, 1.54) is 0 Å². The number of esters is 1. The van der Waals surface area contributed by atoms with E-state index in [-0.39, 0.29) is 18.3 Å². The Morgan fingerprint density at radius 3 is 2.47 bits per heavy atom. The predicted molar refractivity (Wildman–Crippen MR) is 112 cm³/mol. The van der Waals surface area contributed by atoms with E-state index < -0.39 is 5.91 Å². The van der Waals surface area contributed by atoms with Gasteiger partial charge in [-0.1, -0.05) is 36.8 Å². The summed E-state index contributed by atoms with van der Waals surface area (Å²) >= 11 is 0. The second-order valence-electron chi connectivity index (χ2n) is 6.59. The van der Waals surface area contributed by atoms with Crippen LogP contribution in [0.4, 0.5) is 5.69 Å². The average Bonchev–Trinajstić information content (AvgIpc) is 3.19. The van der Waals surface area contributed by atoms with E-state index in [4.69, 9.17) is 9.47 Å². The summed E-state index contributed by atoms with van der Waals surface area (Å²) in [4.78, 5) is 24.8. The molecule has 0 atom stereocenters. The first-order valence-corrected chi connectivity index (χ1v) is 9.71. The van der Waals surface area contributed by atoms with Gasteiger partial charge in [0.2, 0.25) is 0 Å². The Bertz CT molecular complexity index is 984. The molecule has 0 fully saturated rings. The van der Waals surface area contributed by atoms with Crippen molar-refractivity contribution in [3.05, 3.63) is 71.5 Å². The second-order valence-corrected chi connectivity index (χ2v) is 6.59. The maximum atomic E-state index is 12.8. The Kier molecular flexibility index (Phi) is 7.29. The Morgan fingerprint density at radius 1 is 1.07 bits per heavy atom. The van der Waals surface area contributed by atoms with E-state index in [1.807, 2.05) is 37.3 Å². The number of amides is 1. The van der Waals surface area contributed by atoms with Crippen LogP contribution in [0.5, 0.6) is 0 Å². The number of hydrogen-bond acceptors (Lipinski definition) is 6. The van der Waals surface area contributed by atoms with Gasteiger partial charge in [0.15, 0.2) is 5.69 Å².